The van der Waals surface area contributed by atoms with Crippen molar-refractivity contribution in [1.29, 1.82) is 0 Å². The molecule has 0 amide bonds. The van der Waals surface area contributed by atoms with Gasteiger partial charge in [-0.25, -0.2) is 0 Å². The standard InChI is InChI=1S/C17H21NO4.BrH/c1-18-13-7-11(8-14(18)16-15(13)22-16)21-17(20)12(9-19)10-5-3-2-4-6-10;/h2-6,11-16,19H,7-9H2,1H3;1H/t11?,12-,13?,14?,15?,16?;/m0./s1. The maximum absolute atomic E-state index is 12.4. The van der Waals surface area contributed by atoms with Crippen molar-refractivity contribution in [2.24, 2.45) is 0 Å². The molecule has 3 heterocycles. The molecule has 5 atom stereocenters. The number of fused-ring (bicyclic) bond motifs is 5. The zero-order valence-electron chi connectivity index (χ0n) is 13.0. The topological polar surface area (TPSA) is 62.3 Å². The van der Waals surface area contributed by atoms with E-state index < -0.39 is 5.92 Å². The summed E-state index contributed by atoms with van der Waals surface area (Å²) in [7, 11) is 2.13. The van der Waals surface area contributed by atoms with Crippen LogP contribution in [0.4, 0.5) is 0 Å². The fourth-order valence-electron chi connectivity index (χ4n) is 4.04. The Labute approximate surface area is 146 Å². The van der Waals surface area contributed by atoms with Crippen LogP contribution in [0.5, 0.6) is 0 Å². The van der Waals surface area contributed by atoms with Gasteiger partial charge in [-0.2, -0.15) is 0 Å². The Morgan fingerprint density at radius 3 is 2.48 bits per heavy atom. The molecule has 0 saturated carbocycles. The summed E-state index contributed by atoms with van der Waals surface area (Å²) in [6.45, 7) is -0.226. The number of likely N-dealkylation sites (N-methyl/N-ethyl adjacent to an activating group) is 1. The third kappa shape index (κ3) is 2.93. The van der Waals surface area contributed by atoms with Gasteiger partial charge in [-0.3, -0.25) is 9.69 Å². The number of morpholine rings is 1. The van der Waals surface area contributed by atoms with Crippen LogP contribution < -0.4 is 0 Å². The normalized spacial score (nSPS) is 35.8. The van der Waals surface area contributed by atoms with E-state index in [1.807, 2.05) is 30.3 Å². The summed E-state index contributed by atoms with van der Waals surface area (Å²) in [6, 6.07) is 10.1. The number of carbonyl (C=O) groups excluding carboxylic acids is 1. The molecule has 4 rings (SSSR count). The molecule has 23 heavy (non-hydrogen) atoms. The molecule has 126 valence electrons. The van der Waals surface area contributed by atoms with Gasteiger partial charge in [-0.05, 0) is 12.6 Å². The van der Waals surface area contributed by atoms with Crippen molar-refractivity contribution in [3.63, 3.8) is 0 Å². The SMILES string of the molecule is Br.CN1C2CC(OC(=O)[C@@H](CO)c3ccccc3)CC1C1OC12. The first kappa shape index (κ1) is 16.9. The molecule has 3 saturated heterocycles. The van der Waals surface area contributed by atoms with E-state index in [-0.39, 0.29) is 35.7 Å². The summed E-state index contributed by atoms with van der Waals surface area (Å²) < 4.78 is 11.4. The van der Waals surface area contributed by atoms with E-state index >= 15 is 0 Å². The van der Waals surface area contributed by atoms with Crippen LogP contribution in [0.3, 0.4) is 0 Å². The van der Waals surface area contributed by atoms with Crippen LogP contribution in [0.1, 0.15) is 24.3 Å². The van der Waals surface area contributed by atoms with E-state index in [2.05, 4.69) is 11.9 Å². The number of ether oxygens (including phenoxy) is 2. The molecule has 3 aliphatic heterocycles. The van der Waals surface area contributed by atoms with Crippen molar-refractivity contribution in [1.82, 2.24) is 4.90 Å². The number of rotatable bonds is 4. The Balaban J connectivity index is 0.00000156. The lowest BCUT2D eigenvalue weighted by Gasteiger charge is -2.38. The summed E-state index contributed by atoms with van der Waals surface area (Å²) in [5.41, 5.74) is 0.803. The number of aliphatic hydroxyl groups is 1. The van der Waals surface area contributed by atoms with E-state index in [1.165, 1.54) is 0 Å². The second-order valence-electron chi connectivity index (χ2n) is 6.54. The molecule has 3 aliphatic rings. The Hall–Kier alpha value is -0.950. The van der Waals surface area contributed by atoms with Gasteiger partial charge in [0.2, 0.25) is 0 Å². The fraction of sp³-hybridized carbons (Fsp3) is 0.588. The van der Waals surface area contributed by atoms with Crippen molar-refractivity contribution in [3.8, 4) is 0 Å². The second kappa shape index (κ2) is 6.51. The molecule has 0 radical (unpaired) electrons. The first-order valence-electron chi connectivity index (χ1n) is 7.92. The van der Waals surface area contributed by atoms with Crippen LogP contribution in [0, 0.1) is 0 Å². The molecule has 6 heteroatoms. The van der Waals surface area contributed by atoms with Gasteiger partial charge in [0.05, 0.1) is 6.61 Å². The number of benzene rings is 1. The monoisotopic (exact) mass is 383 g/mol. The number of carbonyl (C=O) groups is 1. The lowest BCUT2D eigenvalue weighted by atomic mass is 9.97. The second-order valence-corrected chi connectivity index (χ2v) is 6.54. The third-order valence-electron chi connectivity index (χ3n) is 5.33. The quantitative estimate of drug-likeness (QED) is 0.630. The average molecular weight is 384 g/mol. The maximum atomic E-state index is 12.4. The van der Waals surface area contributed by atoms with E-state index in [1.54, 1.807) is 0 Å². The first-order valence-corrected chi connectivity index (χ1v) is 7.92. The molecule has 3 fully saturated rings. The highest BCUT2D eigenvalue weighted by Crippen LogP contribution is 2.48. The van der Waals surface area contributed by atoms with Crippen LogP contribution in [0.15, 0.2) is 30.3 Å². The van der Waals surface area contributed by atoms with Gasteiger partial charge in [-0.1, -0.05) is 30.3 Å². The van der Waals surface area contributed by atoms with E-state index in [0.29, 0.717) is 24.3 Å². The minimum atomic E-state index is -0.593. The average Bonchev–Trinajstić information content (AvgIpc) is 3.27. The number of aliphatic hydroxyl groups excluding tert-OH is 1. The highest BCUT2D eigenvalue weighted by Gasteiger charge is 2.62. The summed E-state index contributed by atoms with van der Waals surface area (Å²) in [5, 5.41) is 9.56. The van der Waals surface area contributed by atoms with Gasteiger partial charge in [-0.15, -0.1) is 17.0 Å². The van der Waals surface area contributed by atoms with Crippen molar-refractivity contribution in [2.45, 2.75) is 49.2 Å². The molecule has 1 N–H and O–H groups in total. The predicted octanol–water partition coefficient (Wildman–Crippen LogP) is 1.50. The molecule has 1 aromatic carbocycles. The number of nitrogens with zero attached hydrogens (tertiary/aromatic N) is 1. The maximum Gasteiger partial charge on any atom is 0.316 e. The van der Waals surface area contributed by atoms with Gasteiger partial charge in [0.1, 0.15) is 24.2 Å². The van der Waals surface area contributed by atoms with Gasteiger partial charge in [0, 0.05) is 24.9 Å². The zero-order chi connectivity index (χ0) is 15.3. The number of esters is 1. The lowest BCUT2D eigenvalue weighted by Crippen LogP contribution is -2.48. The van der Waals surface area contributed by atoms with Crippen LogP contribution in [-0.4, -0.2) is 60.0 Å². The smallest absolute Gasteiger partial charge is 0.316 e. The van der Waals surface area contributed by atoms with Crippen molar-refractivity contribution in [3.05, 3.63) is 35.9 Å². The van der Waals surface area contributed by atoms with Crippen molar-refractivity contribution < 1.29 is 19.4 Å². The number of epoxide rings is 1. The highest BCUT2D eigenvalue weighted by molar-refractivity contribution is 8.93. The summed E-state index contributed by atoms with van der Waals surface area (Å²) in [5.74, 6) is -0.915. The minimum Gasteiger partial charge on any atom is -0.462 e. The van der Waals surface area contributed by atoms with Gasteiger partial charge in [0.15, 0.2) is 0 Å². The summed E-state index contributed by atoms with van der Waals surface area (Å²) in [6.07, 6.45) is 2.26. The van der Waals surface area contributed by atoms with Gasteiger partial charge in [0.25, 0.3) is 0 Å². The highest BCUT2D eigenvalue weighted by atomic mass is 79.9. The molecule has 4 unspecified atom stereocenters. The molecule has 0 aromatic heterocycles. The number of piperidine rings is 1. The zero-order valence-corrected chi connectivity index (χ0v) is 14.7. The number of hydrogen-bond acceptors (Lipinski definition) is 5. The van der Waals surface area contributed by atoms with Crippen LogP contribution >= 0.6 is 17.0 Å². The minimum absolute atomic E-state index is 0. The number of halogens is 1. The van der Waals surface area contributed by atoms with E-state index in [4.69, 9.17) is 9.47 Å². The molecule has 0 aliphatic carbocycles. The molecule has 2 bridgehead atoms. The molecular weight excluding hydrogens is 362 g/mol. The largest absolute Gasteiger partial charge is 0.462 e. The Bertz CT molecular complexity index is 551. The molecule has 0 spiro atoms. The number of hydrogen-bond donors (Lipinski definition) is 1. The van der Waals surface area contributed by atoms with Crippen LogP contribution in [0.2, 0.25) is 0 Å². The Morgan fingerprint density at radius 1 is 1.30 bits per heavy atom. The van der Waals surface area contributed by atoms with Crippen molar-refractivity contribution in [2.75, 3.05) is 13.7 Å². The van der Waals surface area contributed by atoms with Crippen LogP contribution in [0.25, 0.3) is 0 Å². The van der Waals surface area contributed by atoms with Gasteiger partial charge < -0.3 is 14.6 Å². The van der Waals surface area contributed by atoms with Gasteiger partial charge >= 0.3 is 5.97 Å². The molecule has 5 nitrogen and oxygen atoms in total. The predicted molar refractivity (Wildman–Crippen MR) is 89.7 cm³/mol. The lowest BCUT2D eigenvalue weighted by molar-refractivity contribution is -0.156. The van der Waals surface area contributed by atoms with E-state index in [9.17, 15) is 9.90 Å². The first-order chi connectivity index (χ1) is 10.7. The van der Waals surface area contributed by atoms with Crippen molar-refractivity contribution >= 4 is 23.0 Å². The molecular formula is C17H22BrNO4. The summed E-state index contributed by atoms with van der Waals surface area (Å²) in [4.78, 5) is 14.8. The molecule has 1 aromatic rings. The fourth-order valence-corrected chi connectivity index (χ4v) is 4.04. The Morgan fingerprint density at radius 2 is 1.91 bits per heavy atom. The Kier molecular flexibility index (Phi) is 4.78. The van der Waals surface area contributed by atoms with E-state index in [0.717, 1.165) is 18.4 Å². The summed E-state index contributed by atoms with van der Waals surface area (Å²) >= 11 is 0. The third-order valence-corrected chi connectivity index (χ3v) is 5.33. The van der Waals surface area contributed by atoms with Crippen LogP contribution in [-0.2, 0) is 14.3 Å².